The van der Waals surface area contributed by atoms with Crippen LogP contribution in [0.5, 0.6) is 0 Å². The Bertz CT molecular complexity index is 777. The fraction of sp³-hybridized carbons (Fsp3) is 0.200. The number of anilines is 1. The zero-order valence-corrected chi connectivity index (χ0v) is 12.6. The Hall–Kier alpha value is -2.39. The molecule has 0 saturated heterocycles. The number of pyridine rings is 1. The van der Waals surface area contributed by atoms with Gasteiger partial charge in [0, 0.05) is 12.7 Å². The molecule has 1 heterocycles. The summed E-state index contributed by atoms with van der Waals surface area (Å²) in [5.74, 6) is 0. The van der Waals surface area contributed by atoms with Gasteiger partial charge in [-0.15, -0.1) is 0 Å². The van der Waals surface area contributed by atoms with Crippen LogP contribution in [-0.4, -0.2) is 19.9 Å². The van der Waals surface area contributed by atoms with Crippen LogP contribution < -0.4 is 4.31 Å². The molecule has 0 amide bonds. The molecule has 0 bridgehead atoms. The molecule has 2 aromatic rings. The maximum atomic E-state index is 12.7. The molecule has 0 atom stereocenters. The number of benzene rings is 1. The molecule has 2 rings (SSSR count). The minimum atomic E-state index is -3.69. The van der Waals surface area contributed by atoms with Crippen molar-refractivity contribution in [2.75, 3.05) is 10.8 Å². The zero-order chi connectivity index (χ0) is 15.5. The highest BCUT2D eigenvalue weighted by Crippen LogP contribution is 2.26. The van der Waals surface area contributed by atoms with Gasteiger partial charge in [0.05, 0.1) is 5.69 Å². The third-order valence-electron chi connectivity index (χ3n) is 3.11. The Morgan fingerprint density at radius 3 is 2.48 bits per heavy atom. The quantitative estimate of drug-likeness (QED) is 0.869. The van der Waals surface area contributed by atoms with Gasteiger partial charge in [-0.25, -0.2) is 13.4 Å². The fourth-order valence-electron chi connectivity index (χ4n) is 2.04. The summed E-state index contributed by atoms with van der Waals surface area (Å²) in [6.45, 7) is 3.96. The van der Waals surface area contributed by atoms with Crippen molar-refractivity contribution >= 4 is 15.7 Å². The van der Waals surface area contributed by atoms with Crippen LogP contribution in [0.3, 0.4) is 0 Å². The van der Waals surface area contributed by atoms with E-state index in [4.69, 9.17) is 5.26 Å². The van der Waals surface area contributed by atoms with Gasteiger partial charge in [-0.2, -0.15) is 5.26 Å². The summed E-state index contributed by atoms with van der Waals surface area (Å²) in [4.78, 5) is 3.90. The predicted molar refractivity (Wildman–Crippen MR) is 80.3 cm³/mol. The highest BCUT2D eigenvalue weighted by molar-refractivity contribution is 7.92. The number of aryl methyl sites for hydroxylation is 1. The number of para-hydroxylation sites is 1. The summed E-state index contributed by atoms with van der Waals surface area (Å²) in [7, 11) is -3.69. The Labute approximate surface area is 124 Å². The molecule has 0 aliphatic heterocycles. The summed E-state index contributed by atoms with van der Waals surface area (Å²) >= 11 is 0. The van der Waals surface area contributed by atoms with E-state index in [2.05, 4.69) is 4.98 Å². The van der Waals surface area contributed by atoms with Gasteiger partial charge in [0.25, 0.3) is 10.0 Å². The summed E-state index contributed by atoms with van der Waals surface area (Å²) in [6.07, 6.45) is 1.22. The van der Waals surface area contributed by atoms with Crippen LogP contribution in [0.15, 0.2) is 47.5 Å². The summed E-state index contributed by atoms with van der Waals surface area (Å²) in [5, 5.41) is 8.73. The number of nitrogens with zero attached hydrogens (tertiary/aromatic N) is 3. The van der Waals surface area contributed by atoms with E-state index in [1.54, 1.807) is 19.1 Å². The van der Waals surface area contributed by atoms with E-state index in [0.29, 0.717) is 12.2 Å². The standard InChI is InChI=1S/C15H15N3O2S/c1-3-18(15-7-5-4-6-12(15)2)21(19,20)14-9-8-13(10-16)17-11-14/h4-9,11H,3H2,1-2H3. The maximum Gasteiger partial charge on any atom is 0.265 e. The van der Waals surface area contributed by atoms with Crippen molar-refractivity contribution < 1.29 is 8.42 Å². The van der Waals surface area contributed by atoms with Gasteiger partial charge in [0.2, 0.25) is 0 Å². The molecule has 0 aliphatic rings. The summed E-state index contributed by atoms with van der Waals surface area (Å²) in [5.41, 5.74) is 1.71. The first kappa shape index (κ1) is 15.0. The average molecular weight is 301 g/mol. The lowest BCUT2D eigenvalue weighted by Crippen LogP contribution is -2.31. The molecule has 0 N–H and O–H groups in total. The van der Waals surface area contributed by atoms with Crippen molar-refractivity contribution in [2.24, 2.45) is 0 Å². The maximum absolute atomic E-state index is 12.7. The van der Waals surface area contributed by atoms with Crippen LogP contribution in [0, 0.1) is 18.3 Å². The van der Waals surface area contributed by atoms with Gasteiger partial charge in [-0.3, -0.25) is 4.31 Å². The first-order valence-electron chi connectivity index (χ1n) is 6.45. The third kappa shape index (κ3) is 2.88. The Morgan fingerprint density at radius 1 is 1.24 bits per heavy atom. The van der Waals surface area contributed by atoms with Crippen molar-refractivity contribution in [2.45, 2.75) is 18.7 Å². The molecule has 108 valence electrons. The van der Waals surface area contributed by atoms with Crippen LogP contribution in [-0.2, 0) is 10.0 Å². The molecule has 5 nitrogen and oxygen atoms in total. The zero-order valence-electron chi connectivity index (χ0n) is 11.8. The molecule has 0 aliphatic carbocycles. The molecule has 6 heteroatoms. The van der Waals surface area contributed by atoms with Crippen molar-refractivity contribution in [3.05, 3.63) is 53.9 Å². The van der Waals surface area contributed by atoms with Crippen molar-refractivity contribution in [1.82, 2.24) is 4.98 Å². The SMILES string of the molecule is CCN(c1ccccc1C)S(=O)(=O)c1ccc(C#N)nc1. The van der Waals surface area contributed by atoms with Gasteiger partial charge in [0.15, 0.2) is 0 Å². The lowest BCUT2D eigenvalue weighted by atomic mass is 10.2. The summed E-state index contributed by atoms with van der Waals surface area (Å²) in [6, 6.07) is 12.0. The Balaban J connectivity index is 2.50. The Kier molecular flexibility index (Phi) is 4.24. The van der Waals surface area contributed by atoms with Gasteiger partial charge in [-0.05, 0) is 37.6 Å². The van der Waals surface area contributed by atoms with E-state index in [-0.39, 0.29) is 10.6 Å². The topological polar surface area (TPSA) is 74.1 Å². The first-order chi connectivity index (χ1) is 10.0. The minimum absolute atomic E-state index is 0.0756. The third-order valence-corrected chi connectivity index (χ3v) is 4.98. The lowest BCUT2D eigenvalue weighted by molar-refractivity contribution is 0.591. The number of sulfonamides is 1. The van der Waals surface area contributed by atoms with Gasteiger partial charge >= 0.3 is 0 Å². The van der Waals surface area contributed by atoms with Gasteiger partial charge in [0.1, 0.15) is 16.7 Å². The van der Waals surface area contributed by atoms with Crippen LogP contribution in [0.4, 0.5) is 5.69 Å². The molecule has 0 radical (unpaired) electrons. The minimum Gasteiger partial charge on any atom is -0.266 e. The van der Waals surface area contributed by atoms with Crippen LogP contribution in [0.25, 0.3) is 0 Å². The number of hydrogen-bond donors (Lipinski definition) is 0. The van der Waals surface area contributed by atoms with Crippen molar-refractivity contribution in [3.8, 4) is 6.07 Å². The van der Waals surface area contributed by atoms with Crippen molar-refractivity contribution in [3.63, 3.8) is 0 Å². The molecule has 0 unspecified atom stereocenters. The fourth-order valence-corrected chi connectivity index (χ4v) is 3.52. The predicted octanol–water partition coefficient (Wildman–Crippen LogP) is 2.48. The smallest absolute Gasteiger partial charge is 0.265 e. The molecule has 0 spiro atoms. The second-order valence-corrected chi connectivity index (χ2v) is 6.31. The van der Waals surface area contributed by atoms with E-state index < -0.39 is 10.0 Å². The molecule has 0 fully saturated rings. The number of aromatic nitrogens is 1. The molecule has 0 saturated carbocycles. The van der Waals surface area contributed by atoms with E-state index in [9.17, 15) is 8.42 Å². The molecular formula is C15H15N3O2S. The van der Waals surface area contributed by atoms with E-state index in [1.165, 1.54) is 22.6 Å². The second kappa shape index (κ2) is 5.94. The molecule has 21 heavy (non-hydrogen) atoms. The molecule has 1 aromatic carbocycles. The first-order valence-corrected chi connectivity index (χ1v) is 7.89. The van der Waals surface area contributed by atoms with E-state index in [0.717, 1.165) is 5.56 Å². The van der Waals surface area contributed by atoms with Crippen LogP contribution in [0.2, 0.25) is 0 Å². The molecular weight excluding hydrogens is 286 g/mol. The van der Waals surface area contributed by atoms with E-state index in [1.807, 2.05) is 25.1 Å². The average Bonchev–Trinajstić information content (AvgIpc) is 2.50. The lowest BCUT2D eigenvalue weighted by Gasteiger charge is -2.24. The number of hydrogen-bond acceptors (Lipinski definition) is 4. The molecule has 1 aromatic heterocycles. The number of nitriles is 1. The van der Waals surface area contributed by atoms with Crippen molar-refractivity contribution in [1.29, 1.82) is 5.26 Å². The summed E-state index contributed by atoms with van der Waals surface area (Å²) < 4.78 is 26.8. The van der Waals surface area contributed by atoms with Gasteiger partial charge < -0.3 is 0 Å². The normalized spacial score (nSPS) is 10.9. The monoisotopic (exact) mass is 301 g/mol. The van der Waals surface area contributed by atoms with Crippen LogP contribution >= 0.6 is 0 Å². The highest BCUT2D eigenvalue weighted by atomic mass is 32.2. The Morgan fingerprint density at radius 2 is 1.95 bits per heavy atom. The second-order valence-electron chi connectivity index (χ2n) is 4.45. The largest absolute Gasteiger partial charge is 0.266 e. The van der Waals surface area contributed by atoms with Gasteiger partial charge in [-0.1, -0.05) is 18.2 Å². The van der Waals surface area contributed by atoms with Crippen LogP contribution in [0.1, 0.15) is 18.2 Å². The highest BCUT2D eigenvalue weighted by Gasteiger charge is 2.24. The van der Waals surface area contributed by atoms with E-state index >= 15 is 0 Å². The number of rotatable bonds is 4.